The highest BCUT2D eigenvalue weighted by Gasteiger charge is 2.21. The summed E-state index contributed by atoms with van der Waals surface area (Å²) in [5.74, 6) is 2.04. The minimum Gasteiger partial charge on any atom is -0.439 e. The van der Waals surface area contributed by atoms with E-state index >= 15 is 0 Å². The second kappa shape index (κ2) is 8.90. The largest absolute Gasteiger partial charge is 0.439 e. The fourth-order valence-corrected chi connectivity index (χ4v) is 3.51. The summed E-state index contributed by atoms with van der Waals surface area (Å²) in [6, 6.07) is 9.72. The van der Waals surface area contributed by atoms with Crippen LogP contribution in [0.5, 0.6) is 11.6 Å². The quantitative estimate of drug-likeness (QED) is 0.787. The van der Waals surface area contributed by atoms with Crippen LogP contribution in [0.25, 0.3) is 0 Å². The Hall–Kier alpha value is -2.54. The molecule has 142 valence electrons. The van der Waals surface area contributed by atoms with Crippen molar-refractivity contribution in [3.05, 3.63) is 53.2 Å². The molecule has 7 heteroatoms. The number of pyridine rings is 1. The third-order valence-electron chi connectivity index (χ3n) is 4.30. The monoisotopic (exact) mass is 385 g/mol. The fraction of sp³-hybridized carbons (Fsp3) is 0.350. The first-order chi connectivity index (χ1) is 13.0. The highest BCUT2D eigenvalue weighted by molar-refractivity contribution is 8.13. The number of carbonyl (C=O) groups is 2. The van der Waals surface area contributed by atoms with Crippen molar-refractivity contribution in [1.29, 1.82) is 0 Å². The molecule has 1 aliphatic rings. The number of nitrogens with one attached hydrogen (secondary N) is 1. The number of ether oxygens (including phenoxy) is 1. The molecule has 1 aromatic heterocycles. The standard InChI is InChI=1S/C20H23N3O3S/c1-14-3-4-15(2)17(11-14)26-19-6-5-16(13-22-19)12-21-18(24)7-8-23-9-10-27-20(23)25/h3-6,11,13H,7-10,12H2,1-2H3,(H,21,24). The SMILES string of the molecule is Cc1ccc(C)c(Oc2ccc(CNC(=O)CCN3CCSC3=O)cn2)c1. The lowest BCUT2D eigenvalue weighted by molar-refractivity contribution is -0.121. The number of benzene rings is 1. The van der Waals surface area contributed by atoms with Crippen LogP contribution < -0.4 is 10.1 Å². The van der Waals surface area contributed by atoms with E-state index in [0.29, 0.717) is 25.4 Å². The number of nitrogens with zero attached hydrogens (tertiary/aromatic N) is 2. The van der Waals surface area contributed by atoms with Gasteiger partial charge in [-0.1, -0.05) is 30.0 Å². The molecule has 2 heterocycles. The first-order valence-electron chi connectivity index (χ1n) is 8.90. The van der Waals surface area contributed by atoms with Gasteiger partial charge in [-0.3, -0.25) is 9.59 Å². The Morgan fingerprint density at radius 2 is 2.15 bits per heavy atom. The number of thioether (sulfide) groups is 1. The molecule has 0 bridgehead atoms. The number of amides is 2. The molecular formula is C20H23N3O3S. The Morgan fingerprint density at radius 3 is 2.85 bits per heavy atom. The van der Waals surface area contributed by atoms with E-state index in [1.54, 1.807) is 17.2 Å². The average molecular weight is 385 g/mol. The van der Waals surface area contributed by atoms with Gasteiger partial charge < -0.3 is 15.0 Å². The molecule has 2 amide bonds. The lowest BCUT2D eigenvalue weighted by Gasteiger charge is -2.14. The molecule has 0 saturated carbocycles. The Kier molecular flexibility index (Phi) is 6.34. The van der Waals surface area contributed by atoms with E-state index < -0.39 is 0 Å². The number of hydrogen-bond donors (Lipinski definition) is 1. The molecule has 0 spiro atoms. The number of aromatic nitrogens is 1. The van der Waals surface area contributed by atoms with E-state index in [2.05, 4.69) is 10.3 Å². The Labute approximate surface area is 163 Å². The number of aryl methyl sites for hydroxylation is 2. The summed E-state index contributed by atoms with van der Waals surface area (Å²) in [4.78, 5) is 29.5. The molecule has 1 saturated heterocycles. The molecule has 27 heavy (non-hydrogen) atoms. The van der Waals surface area contributed by atoms with Gasteiger partial charge in [0, 0.05) is 44.1 Å². The minimum absolute atomic E-state index is 0.0615. The van der Waals surface area contributed by atoms with E-state index in [-0.39, 0.29) is 11.1 Å². The summed E-state index contributed by atoms with van der Waals surface area (Å²) in [5, 5.41) is 2.92. The molecule has 0 atom stereocenters. The molecule has 3 rings (SSSR count). The van der Waals surface area contributed by atoms with Gasteiger partial charge in [-0.25, -0.2) is 4.98 Å². The number of hydrogen-bond acceptors (Lipinski definition) is 5. The maximum absolute atomic E-state index is 12.0. The van der Waals surface area contributed by atoms with Crippen LogP contribution in [0.4, 0.5) is 4.79 Å². The van der Waals surface area contributed by atoms with Crippen molar-refractivity contribution in [3.8, 4) is 11.6 Å². The zero-order valence-electron chi connectivity index (χ0n) is 15.5. The summed E-state index contributed by atoms with van der Waals surface area (Å²) >= 11 is 1.31. The maximum atomic E-state index is 12.0. The van der Waals surface area contributed by atoms with Crippen LogP contribution in [-0.2, 0) is 11.3 Å². The van der Waals surface area contributed by atoms with Gasteiger partial charge in [0.15, 0.2) is 0 Å². The third-order valence-corrected chi connectivity index (χ3v) is 5.19. The van der Waals surface area contributed by atoms with Crippen molar-refractivity contribution in [2.24, 2.45) is 0 Å². The van der Waals surface area contributed by atoms with Gasteiger partial charge in [0.05, 0.1) is 0 Å². The summed E-state index contributed by atoms with van der Waals surface area (Å²) < 4.78 is 5.84. The van der Waals surface area contributed by atoms with E-state index in [9.17, 15) is 9.59 Å². The molecular weight excluding hydrogens is 362 g/mol. The van der Waals surface area contributed by atoms with Crippen LogP contribution >= 0.6 is 11.8 Å². The minimum atomic E-state index is -0.0737. The van der Waals surface area contributed by atoms with Gasteiger partial charge in [-0.2, -0.15) is 0 Å². The summed E-state index contributed by atoms with van der Waals surface area (Å²) in [7, 11) is 0. The Morgan fingerprint density at radius 1 is 1.30 bits per heavy atom. The Balaban J connectivity index is 1.46. The molecule has 1 aliphatic heterocycles. The second-order valence-corrected chi connectivity index (χ2v) is 7.55. The van der Waals surface area contributed by atoms with Gasteiger partial charge in [0.1, 0.15) is 5.75 Å². The van der Waals surface area contributed by atoms with Crippen molar-refractivity contribution in [1.82, 2.24) is 15.2 Å². The number of rotatable bonds is 7. The van der Waals surface area contributed by atoms with Crippen molar-refractivity contribution < 1.29 is 14.3 Å². The van der Waals surface area contributed by atoms with Crippen LogP contribution in [0, 0.1) is 13.8 Å². The van der Waals surface area contributed by atoms with E-state index in [1.165, 1.54) is 11.8 Å². The number of carbonyl (C=O) groups excluding carboxylic acids is 2. The topological polar surface area (TPSA) is 71.5 Å². The predicted octanol–water partition coefficient (Wildman–Crippen LogP) is 3.67. The maximum Gasteiger partial charge on any atom is 0.281 e. The van der Waals surface area contributed by atoms with Crippen LogP contribution in [0.2, 0.25) is 0 Å². The second-order valence-electron chi connectivity index (χ2n) is 6.50. The van der Waals surface area contributed by atoms with E-state index in [4.69, 9.17) is 4.74 Å². The van der Waals surface area contributed by atoms with Crippen LogP contribution in [0.15, 0.2) is 36.5 Å². The van der Waals surface area contributed by atoms with Crippen molar-refractivity contribution >= 4 is 22.9 Å². The molecule has 0 radical (unpaired) electrons. The van der Waals surface area contributed by atoms with Crippen molar-refractivity contribution in [2.45, 2.75) is 26.8 Å². The zero-order chi connectivity index (χ0) is 19.2. The lowest BCUT2D eigenvalue weighted by Crippen LogP contribution is -2.30. The summed E-state index contributed by atoms with van der Waals surface area (Å²) in [5.41, 5.74) is 3.07. The highest BCUT2D eigenvalue weighted by Crippen LogP contribution is 2.24. The molecule has 1 N–H and O–H groups in total. The fourth-order valence-electron chi connectivity index (χ4n) is 2.66. The first kappa shape index (κ1) is 19.2. The average Bonchev–Trinajstić information content (AvgIpc) is 3.07. The smallest absolute Gasteiger partial charge is 0.281 e. The van der Waals surface area contributed by atoms with Gasteiger partial charge in [0.2, 0.25) is 11.8 Å². The van der Waals surface area contributed by atoms with Crippen LogP contribution in [0.3, 0.4) is 0 Å². The lowest BCUT2D eigenvalue weighted by atomic mass is 10.1. The zero-order valence-corrected chi connectivity index (χ0v) is 16.3. The Bertz CT molecular complexity index is 824. The normalized spacial score (nSPS) is 13.7. The van der Waals surface area contributed by atoms with Crippen molar-refractivity contribution in [2.75, 3.05) is 18.8 Å². The van der Waals surface area contributed by atoms with E-state index in [1.807, 2.05) is 38.1 Å². The van der Waals surface area contributed by atoms with Gasteiger partial charge in [0.25, 0.3) is 5.24 Å². The predicted molar refractivity (Wildman–Crippen MR) is 106 cm³/mol. The molecule has 0 aliphatic carbocycles. The highest BCUT2D eigenvalue weighted by atomic mass is 32.2. The summed E-state index contributed by atoms with van der Waals surface area (Å²) in [6.07, 6.45) is 2.01. The van der Waals surface area contributed by atoms with Gasteiger partial charge >= 0.3 is 0 Å². The van der Waals surface area contributed by atoms with Gasteiger partial charge in [-0.15, -0.1) is 0 Å². The third kappa shape index (κ3) is 5.47. The molecule has 6 nitrogen and oxygen atoms in total. The first-order valence-corrected chi connectivity index (χ1v) is 9.88. The van der Waals surface area contributed by atoms with Crippen molar-refractivity contribution in [3.63, 3.8) is 0 Å². The van der Waals surface area contributed by atoms with Crippen LogP contribution in [0.1, 0.15) is 23.1 Å². The van der Waals surface area contributed by atoms with Crippen LogP contribution in [-0.4, -0.2) is 39.9 Å². The molecule has 2 aromatic rings. The summed E-state index contributed by atoms with van der Waals surface area (Å²) in [6.45, 7) is 5.61. The van der Waals surface area contributed by atoms with E-state index in [0.717, 1.165) is 34.7 Å². The molecule has 1 fully saturated rings. The van der Waals surface area contributed by atoms with Gasteiger partial charge in [-0.05, 0) is 36.6 Å². The molecule has 1 aromatic carbocycles. The molecule has 0 unspecified atom stereocenters.